The van der Waals surface area contributed by atoms with Crippen molar-refractivity contribution < 1.29 is 0 Å². The van der Waals surface area contributed by atoms with Crippen LogP contribution in [0.3, 0.4) is 0 Å². The van der Waals surface area contributed by atoms with Crippen LogP contribution in [0.5, 0.6) is 0 Å². The molecule has 0 bridgehead atoms. The number of aryl methyl sites for hydroxylation is 4. The van der Waals surface area contributed by atoms with Gasteiger partial charge < -0.3 is 0 Å². The third-order valence-electron chi connectivity index (χ3n) is 4.57. The van der Waals surface area contributed by atoms with Crippen LogP contribution in [-0.2, 0) is 0 Å². The molecule has 0 unspecified atom stereocenters. The molecule has 4 aromatic rings. The molecule has 2 aromatic heterocycles. The third-order valence-corrected chi connectivity index (χ3v) is 4.86. The van der Waals surface area contributed by atoms with Crippen molar-refractivity contribution in [3.05, 3.63) is 69.9 Å². The average molecular weight is 335 g/mol. The summed E-state index contributed by atoms with van der Waals surface area (Å²) in [7, 11) is 0. The van der Waals surface area contributed by atoms with Crippen LogP contribution in [0.4, 0.5) is 0 Å². The molecule has 2 aromatic carbocycles. The maximum atomic E-state index is 6.59. The second kappa shape index (κ2) is 5.35. The fourth-order valence-electron chi connectivity index (χ4n) is 3.77. The standard InChI is InChI=1S/C21H19ClN2/c1-12-9-13(2)20(14(3)10-12)24-18-8-6-5-7-16(18)19-17(22)11-15(4)23-21(19)24/h5-11H,1-4H3. The fourth-order valence-corrected chi connectivity index (χ4v) is 4.12. The van der Waals surface area contributed by atoms with Gasteiger partial charge in [0.2, 0.25) is 0 Å². The third kappa shape index (κ3) is 2.14. The maximum absolute atomic E-state index is 6.59. The van der Waals surface area contributed by atoms with Gasteiger partial charge in [-0.3, -0.25) is 4.57 Å². The topological polar surface area (TPSA) is 17.8 Å². The first-order chi connectivity index (χ1) is 11.5. The van der Waals surface area contributed by atoms with Crippen LogP contribution >= 0.6 is 11.6 Å². The molecule has 120 valence electrons. The number of aromatic nitrogens is 2. The van der Waals surface area contributed by atoms with Gasteiger partial charge in [0, 0.05) is 16.5 Å². The molecule has 4 rings (SSSR count). The number of nitrogens with zero attached hydrogens (tertiary/aromatic N) is 2. The zero-order chi connectivity index (χ0) is 17.0. The zero-order valence-corrected chi connectivity index (χ0v) is 15.1. The van der Waals surface area contributed by atoms with E-state index < -0.39 is 0 Å². The monoisotopic (exact) mass is 334 g/mol. The Kier molecular flexibility index (Phi) is 3.40. The van der Waals surface area contributed by atoms with Crippen LogP contribution in [0.25, 0.3) is 27.6 Å². The fraction of sp³-hybridized carbons (Fsp3) is 0.190. The van der Waals surface area contributed by atoms with Gasteiger partial charge in [0.15, 0.2) is 0 Å². The van der Waals surface area contributed by atoms with E-state index in [9.17, 15) is 0 Å². The molecular formula is C21H19ClN2. The number of rotatable bonds is 1. The van der Waals surface area contributed by atoms with Crippen LogP contribution in [-0.4, -0.2) is 9.55 Å². The first-order valence-corrected chi connectivity index (χ1v) is 8.49. The molecule has 0 amide bonds. The molecule has 0 aliphatic rings. The number of fused-ring (bicyclic) bond motifs is 3. The van der Waals surface area contributed by atoms with E-state index in [4.69, 9.17) is 16.6 Å². The predicted octanol–water partition coefficient (Wildman–Crippen LogP) is 6.07. The summed E-state index contributed by atoms with van der Waals surface area (Å²) in [5.74, 6) is 0. The Balaban J connectivity index is 2.27. The number of hydrogen-bond acceptors (Lipinski definition) is 1. The lowest BCUT2D eigenvalue weighted by atomic mass is 10.0. The minimum atomic E-state index is 0.759. The molecule has 0 fully saturated rings. The van der Waals surface area contributed by atoms with Gasteiger partial charge in [-0.25, -0.2) is 4.98 Å². The van der Waals surface area contributed by atoms with Crippen molar-refractivity contribution in [2.75, 3.05) is 0 Å². The van der Waals surface area contributed by atoms with Crippen LogP contribution < -0.4 is 0 Å². The molecule has 0 aliphatic carbocycles. The van der Waals surface area contributed by atoms with Crippen LogP contribution in [0.1, 0.15) is 22.4 Å². The average Bonchev–Trinajstić information content (AvgIpc) is 2.81. The van der Waals surface area contributed by atoms with Crippen molar-refractivity contribution >= 4 is 33.5 Å². The molecule has 0 saturated heterocycles. The van der Waals surface area contributed by atoms with E-state index in [1.807, 2.05) is 13.0 Å². The molecule has 0 spiro atoms. The van der Waals surface area contributed by atoms with E-state index in [1.165, 1.54) is 22.4 Å². The van der Waals surface area contributed by atoms with Crippen molar-refractivity contribution in [2.24, 2.45) is 0 Å². The largest absolute Gasteiger partial charge is 0.293 e. The van der Waals surface area contributed by atoms with Crippen molar-refractivity contribution in [1.29, 1.82) is 0 Å². The van der Waals surface area contributed by atoms with E-state index in [2.05, 4.69) is 61.7 Å². The van der Waals surface area contributed by atoms with Crippen molar-refractivity contribution in [1.82, 2.24) is 9.55 Å². The van der Waals surface area contributed by atoms with Crippen molar-refractivity contribution in [2.45, 2.75) is 27.7 Å². The van der Waals surface area contributed by atoms with E-state index in [0.29, 0.717) is 0 Å². The Bertz CT molecular complexity index is 1080. The lowest BCUT2D eigenvalue weighted by molar-refractivity contribution is 1.07. The zero-order valence-electron chi connectivity index (χ0n) is 14.3. The molecular weight excluding hydrogens is 316 g/mol. The smallest absolute Gasteiger partial charge is 0.147 e. The number of halogens is 1. The number of hydrogen-bond donors (Lipinski definition) is 0. The Hall–Kier alpha value is -2.32. The SMILES string of the molecule is Cc1cc(C)c(-n2c3ccccc3c3c(Cl)cc(C)nc32)c(C)c1. The summed E-state index contributed by atoms with van der Waals surface area (Å²) >= 11 is 6.59. The van der Waals surface area contributed by atoms with Crippen LogP contribution in [0.15, 0.2) is 42.5 Å². The summed E-state index contributed by atoms with van der Waals surface area (Å²) in [6.07, 6.45) is 0. The van der Waals surface area contributed by atoms with Gasteiger partial charge in [-0.15, -0.1) is 0 Å². The van der Waals surface area contributed by atoms with E-state index >= 15 is 0 Å². The first kappa shape index (κ1) is 15.2. The molecule has 0 radical (unpaired) electrons. The van der Waals surface area contributed by atoms with Gasteiger partial charge >= 0.3 is 0 Å². The molecule has 0 atom stereocenters. The summed E-state index contributed by atoms with van der Waals surface area (Å²) in [5.41, 5.74) is 7.96. The highest BCUT2D eigenvalue weighted by atomic mass is 35.5. The summed E-state index contributed by atoms with van der Waals surface area (Å²) in [6.45, 7) is 8.44. The Morgan fingerprint density at radius 1 is 0.917 bits per heavy atom. The Morgan fingerprint density at radius 3 is 2.29 bits per heavy atom. The van der Waals surface area contributed by atoms with E-state index in [1.54, 1.807) is 0 Å². The number of para-hydroxylation sites is 1. The summed E-state index contributed by atoms with van der Waals surface area (Å²) in [4.78, 5) is 4.83. The molecule has 0 N–H and O–H groups in total. The first-order valence-electron chi connectivity index (χ1n) is 8.12. The molecule has 2 nitrogen and oxygen atoms in total. The minimum absolute atomic E-state index is 0.759. The second-order valence-electron chi connectivity index (χ2n) is 6.54. The Morgan fingerprint density at radius 2 is 1.58 bits per heavy atom. The van der Waals surface area contributed by atoms with E-state index in [0.717, 1.165) is 32.7 Å². The summed E-state index contributed by atoms with van der Waals surface area (Å²) < 4.78 is 2.26. The van der Waals surface area contributed by atoms with Gasteiger partial charge in [0.05, 0.1) is 16.2 Å². The summed E-state index contributed by atoms with van der Waals surface area (Å²) in [5, 5.41) is 2.93. The lowest BCUT2D eigenvalue weighted by Crippen LogP contribution is -2.02. The summed E-state index contributed by atoms with van der Waals surface area (Å²) in [6, 6.07) is 14.8. The van der Waals surface area contributed by atoms with Crippen LogP contribution in [0.2, 0.25) is 5.02 Å². The van der Waals surface area contributed by atoms with Crippen molar-refractivity contribution in [3.63, 3.8) is 0 Å². The predicted molar refractivity (Wildman–Crippen MR) is 103 cm³/mol. The van der Waals surface area contributed by atoms with Gasteiger partial charge in [-0.2, -0.15) is 0 Å². The molecule has 0 aliphatic heterocycles. The van der Waals surface area contributed by atoms with Gasteiger partial charge in [0.25, 0.3) is 0 Å². The molecule has 0 saturated carbocycles. The second-order valence-corrected chi connectivity index (χ2v) is 6.95. The number of pyridine rings is 1. The number of benzene rings is 2. The van der Waals surface area contributed by atoms with Crippen molar-refractivity contribution in [3.8, 4) is 5.69 Å². The normalized spacial score (nSPS) is 11.5. The molecule has 3 heteroatoms. The van der Waals surface area contributed by atoms with Gasteiger partial charge in [-0.1, -0.05) is 47.5 Å². The molecule has 24 heavy (non-hydrogen) atoms. The maximum Gasteiger partial charge on any atom is 0.147 e. The van der Waals surface area contributed by atoms with Crippen LogP contribution in [0, 0.1) is 27.7 Å². The highest BCUT2D eigenvalue weighted by Crippen LogP contribution is 2.37. The highest BCUT2D eigenvalue weighted by molar-refractivity contribution is 6.38. The van der Waals surface area contributed by atoms with Gasteiger partial charge in [0.1, 0.15) is 5.65 Å². The lowest BCUT2D eigenvalue weighted by Gasteiger charge is -2.15. The quantitative estimate of drug-likeness (QED) is 0.413. The van der Waals surface area contributed by atoms with Gasteiger partial charge in [-0.05, 0) is 51.0 Å². The Labute approximate surface area is 146 Å². The van der Waals surface area contributed by atoms with E-state index in [-0.39, 0.29) is 0 Å². The molecule has 2 heterocycles. The minimum Gasteiger partial charge on any atom is -0.293 e. The highest BCUT2D eigenvalue weighted by Gasteiger charge is 2.18.